The number of aliphatic imine (C=N–C) groups is 1. The Labute approximate surface area is 176 Å². The Morgan fingerprint density at radius 2 is 2.07 bits per heavy atom. The maximum atomic E-state index is 12.6. The zero-order chi connectivity index (χ0) is 21.7. The Kier molecular flexibility index (Phi) is 6.60. The molecule has 5 N–H and O–H groups in total. The number of hydrogen-bond donors (Lipinski definition) is 3. The van der Waals surface area contributed by atoms with Crippen molar-refractivity contribution in [2.45, 2.75) is 18.4 Å². The highest BCUT2D eigenvalue weighted by molar-refractivity contribution is 7.82. The van der Waals surface area contributed by atoms with Gasteiger partial charge in [0.2, 0.25) is 0 Å². The summed E-state index contributed by atoms with van der Waals surface area (Å²) in [5, 5.41) is 13.4. The molecule has 9 nitrogen and oxygen atoms in total. The lowest BCUT2D eigenvalue weighted by molar-refractivity contribution is 0.100. The van der Waals surface area contributed by atoms with Crippen LogP contribution >= 0.6 is 0 Å². The summed E-state index contributed by atoms with van der Waals surface area (Å²) in [7, 11) is 0.141. The minimum Gasteiger partial charge on any atom is -0.457 e. The van der Waals surface area contributed by atoms with Gasteiger partial charge in [0.05, 0.1) is 15.8 Å². The highest BCUT2D eigenvalue weighted by Gasteiger charge is 2.15. The minimum atomic E-state index is -1.57. The van der Waals surface area contributed by atoms with E-state index in [4.69, 9.17) is 15.6 Å². The van der Waals surface area contributed by atoms with Gasteiger partial charge in [0.25, 0.3) is 5.91 Å². The van der Waals surface area contributed by atoms with Crippen LogP contribution in [0, 0.1) is 0 Å². The van der Waals surface area contributed by atoms with Gasteiger partial charge < -0.3 is 15.8 Å². The van der Waals surface area contributed by atoms with Gasteiger partial charge in [-0.2, -0.15) is 10.1 Å². The van der Waals surface area contributed by atoms with Crippen molar-refractivity contribution in [3.8, 4) is 11.5 Å². The van der Waals surface area contributed by atoms with Gasteiger partial charge in [-0.3, -0.25) is 9.48 Å². The van der Waals surface area contributed by atoms with Crippen molar-refractivity contribution in [2.75, 3.05) is 7.05 Å². The zero-order valence-electron chi connectivity index (χ0n) is 16.5. The van der Waals surface area contributed by atoms with Gasteiger partial charge >= 0.3 is 0 Å². The van der Waals surface area contributed by atoms with Crippen molar-refractivity contribution in [2.24, 2.45) is 15.9 Å². The average molecular weight is 427 g/mol. The number of hydrogen-bond acceptors (Lipinski definition) is 5. The van der Waals surface area contributed by atoms with Crippen molar-refractivity contribution in [1.29, 1.82) is 0 Å². The molecule has 0 spiro atoms. The summed E-state index contributed by atoms with van der Waals surface area (Å²) in [6.45, 7) is 2.62. The molecule has 0 fully saturated rings. The second-order valence-corrected chi connectivity index (χ2v) is 7.29. The number of nitrogens with one attached hydrogen (secondary N) is 1. The number of ether oxygens (including phenoxy) is 1. The van der Waals surface area contributed by atoms with E-state index in [0.717, 1.165) is 5.39 Å². The number of carbonyl (C=O) groups excluding carboxylic acids is 1. The molecule has 3 aromatic rings. The highest BCUT2D eigenvalue weighted by atomic mass is 32.2. The summed E-state index contributed by atoms with van der Waals surface area (Å²) in [6, 6.07) is 9.79. The van der Waals surface area contributed by atoms with Crippen LogP contribution in [-0.2, 0) is 17.5 Å². The molecule has 1 heterocycles. The summed E-state index contributed by atoms with van der Waals surface area (Å²) >= 11 is 0. The van der Waals surface area contributed by atoms with Gasteiger partial charge in [-0.1, -0.05) is 0 Å². The molecule has 10 heteroatoms. The first-order valence-electron chi connectivity index (χ1n) is 9.09. The summed E-state index contributed by atoms with van der Waals surface area (Å²) in [5.41, 5.74) is 6.64. The quantitative estimate of drug-likeness (QED) is 0.391. The third-order valence-corrected chi connectivity index (χ3v) is 4.88. The lowest BCUT2D eigenvalue weighted by Crippen LogP contribution is -2.12. The molecule has 2 aromatic carbocycles. The number of amidine groups is 1. The molecule has 0 saturated heterocycles. The Balaban J connectivity index is 2.01. The van der Waals surface area contributed by atoms with E-state index in [1.54, 1.807) is 54.3 Å². The number of nitrogens with zero attached hydrogens (tertiary/aromatic N) is 3. The number of nitrogens with two attached hydrogens (primary N) is 2. The summed E-state index contributed by atoms with van der Waals surface area (Å²) in [6.07, 6.45) is 4.91. The number of amides is 1. The van der Waals surface area contributed by atoms with Crippen LogP contribution in [0.5, 0.6) is 11.5 Å². The molecule has 1 atom stereocenters. The first kappa shape index (κ1) is 21.2. The van der Waals surface area contributed by atoms with E-state index in [1.807, 2.05) is 13.1 Å². The molecular weight excluding hydrogens is 404 g/mol. The first-order chi connectivity index (χ1) is 14.4. The predicted octanol–water partition coefficient (Wildman–Crippen LogP) is 2.06. The summed E-state index contributed by atoms with van der Waals surface area (Å²) in [5.74, 6) is 0.498. The van der Waals surface area contributed by atoms with Crippen LogP contribution in [0.15, 0.2) is 64.8 Å². The molecule has 30 heavy (non-hydrogen) atoms. The van der Waals surface area contributed by atoms with Crippen molar-refractivity contribution < 1.29 is 13.7 Å². The molecule has 1 unspecified atom stereocenters. The Bertz CT molecular complexity index is 1150. The van der Waals surface area contributed by atoms with Crippen LogP contribution in [0.2, 0.25) is 0 Å². The normalized spacial score (nSPS) is 13.0. The molecule has 1 aromatic heterocycles. The van der Waals surface area contributed by atoms with Crippen LogP contribution in [0.4, 0.5) is 0 Å². The van der Waals surface area contributed by atoms with Crippen molar-refractivity contribution >= 4 is 33.6 Å². The molecule has 0 radical (unpaired) electrons. The number of benzene rings is 2. The number of rotatable bonds is 7. The van der Waals surface area contributed by atoms with Crippen LogP contribution in [0.1, 0.15) is 17.3 Å². The molecule has 156 valence electrons. The number of fused-ring (bicyclic) bond motifs is 1. The Morgan fingerprint density at radius 3 is 2.70 bits per heavy atom. The maximum Gasteiger partial charge on any atom is 0.279 e. The Hall–Kier alpha value is -3.50. The van der Waals surface area contributed by atoms with Gasteiger partial charge in [-0.15, -0.1) is 0 Å². The molecular formula is C20H22N6O3S. The monoisotopic (exact) mass is 426 g/mol. The van der Waals surface area contributed by atoms with Crippen LogP contribution in [0.25, 0.3) is 10.9 Å². The van der Waals surface area contributed by atoms with E-state index >= 15 is 0 Å². The van der Waals surface area contributed by atoms with E-state index in [2.05, 4.69) is 15.4 Å². The second kappa shape index (κ2) is 9.33. The predicted molar refractivity (Wildman–Crippen MR) is 117 cm³/mol. The van der Waals surface area contributed by atoms with Gasteiger partial charge in [-0.05, 0) is 55.6 Å². The lowest BCUT2D eigenvalue weighted by atomic mass is 10.1. The topological polar surface area (TPSA) is 138 Å². The lowest BCUT2D eigenvalue weighted by Gasteiger charge is -2.08. The van der Waals surface area contributed by atoms with Crippen molar-refractivity contribution in [3.63, 3.8) is 0 Å². The molecule has 3 rings (SSSR count). The third kappa shape index (κ3) is 4.91. The highest BCUT2D eigenvalue weighted by Crippen LogP contribution is 2.31. The average Bonchev–Trinajstić information content (AvgIpc) is 3.16. The molecule has 0 aliphatic heterocycles. The van der Waals surface area contributed by atoms with E-state index in [-0.39, 0.29) is 5.84 Å². The fraction of sp³-hybridized carbons (Fsp3) is 0.150. The molecule has 0 aliphatic carbocycles. The van der Waals surface area contributed by atoms with Gasteiger partial charge in [0.15, 0.2) is 0 Å². The van der Waals surface area contributed by atoms with Crippen LogP contribution in [-0.4, -0.2) is 32.8 Å². The van der Waals surface area contributed by atoms with E-state index in [9.17, 15) is 9.00 Å². The number of aromatic nitrogens is 2. The van der Waals surface area contributed by atoms with Crippen molar-refractivity contribution in [3.05, 3.63) is 60.4 Å². The fourth-order valence-corrected chi connectivity index (χ4v) is 3.07. The van der Waals surface area contributed by atoms with Gasteiger partial charge in [-0.25, -0.2) is 9.35 Å². The second-order valence-electron chi connectivity index (χ2n) is 6.23. The van der Waals surface area contributed by atoms with Crippen LogP contribution in [0.3, 0.4) is 0 Å². The summed E-state index contributed by atoms with van der Waals surface area (Å²) in [4.78, 5) is 17.0. The fourth-order valence-electron chi connectivity index (χ4n) is 2.67. The van der Waals surface area contributed by atoms with Gasteiger partial charge in [0.1, 0.15) is 28.3 Å². The molecule has 0 aliphatic rings. The zero-order valence-corrected chi connectivity index (χ0v) is 17.3. The van der Waals surface area contributed by atoms with Crippen LogP contribution < -0.4 is 20.9 Å². The number of carbonyl (C=O) groups is 1. The van der Waals surface area contributed by atoms with Crippen molar-refractivity contribution in [1.82, 2.24) is 15.1 Å². The maximum absolute atomic E-state index is 12.6. The van der Waals surface area contributed by atoms with E-state index in [1.165, 1.54) is 6.08 Å². The SMILES string of the molecule is CCn1cc2c(Oc3ccc(S(N)=O)cc3)cc(C(=O)N=C(N)/C=C\NC)cc2n1. The minimum absolute atomic E-state index is 0.0707. The first-order valence-corrected chi connectivity index (χ1v) is 10.3. The standard InChI is InChI=1S/C20H22N6O3S/c1-3-26-12-16-17(25-26)10-13(20(27)24-19(21)8-9-23-2)11-18(16)29-14-4-6-15(7-5-14)30(22)28/h4-12,23H,3,22H2,1-2H3,(H2,21,24,27)/b9-8-. The van der Waals surface area contributed by atoms with Gasteiger partial charge in [0, 0.05) is 25.4 Å². The Morgan fingerprint density at radius 1 is 1.33 bits per heavy atom. The molecule has 0 bridgehead atoms. The largest absolute Gasteiger partial charge is 0.457 e. The molecule has 1 amide bonds. The number of aryl methyl sites for hydroxylation is 1. The smallest absolute Gasteiger partial charge is 0.279 e. The van der Waals surface area contributed by atoms with E-state index < -0.39 is 16.9 Å². The van der Waals surface area contributed by atoms with E-state index in [0.29, 0.717) is 34.0 Å². The third-order valence-electron chi connectivity index (χ3n) is 4.14. The summed E-state index contributed by atoms with van der Waals surface area (Å²) < 4.78 is 19.1. The molecule has 0 saturated carbocycles.